The van der Waals surface area contributed by atoms with Crippen molar-refractivity contribution in [3.05, 3.63) is 35.5 Å². The standard InChI is InChI=1S/C12H14N4O4S/c1-8-3-4-10(9(2)5-8)21(19,20)14-11-6-16(15-13-11)7-12(17)18/h3-6,14H,7H2,1-2H3,(H,17,18). The summed E-state index contributed by atoms with van der Waals surface area (Å²) in [5.74, 6) is -1.13. The summed E-state index contributed by atoms with van der Waals surface area (Å²) in [5.41, 5.74) is 1.57. The van der Waals surface area contributed by atoms with Crippen molar-refractivity contribution in [2.24, 2.45) is 0 Å². The fourth-order valence-corrected chi connectivity index (χ4v) is 3.06. The molecule has 2 aromatic rings. The lowest BCUT2D eigenvalue weighted by Crippen LogP contribution is -2.14. The number of hydrogen-bond donors (Lipinski definition) is 2. The van der Waals surface area contributed by atoms with Gasteiger partial charge in [-0.15, -0.1) is 5.10 Å². The minimum absolute atomic E-state index is 0.0313. The SMILES string of the molecule is Cc1ccc(S(=O)(=O)Nc2cn(CC(=O)O)nn2)c(C)c1. The van der Waals surface area contributed by atoms with Gasteiger partial charge in [-0.3, -0.25) is 9.52 Å². The van der Waals surface area contributed by atoms with Crippen LogP contribution in [-0.2, 0) is 21.4 Å². The molecule has 21 heavy (non-hydrogen) atoms. The zero-order valence-corrected chi connectivity index (χ0v) is 12.3. The van der Waals surface area contributed by atoms with Crippen LogP contribution in [0.15, 0.2) is 29.3 Å². The molecule has 0 bridgehead atoms. The minimum atomic E-state index is -3.79. The van der Waals surface area contributed by atoms with Gasteiger partial charge in [0.1, 0.15) is 6.54 Å². The molecule has 0 amide bonds. The molecule has 0 radical (unpaired) electrons. The van der Waals surface area contributed by atoms with E-state index in [1.165, 1.54) is 12.3 Å². The molecule has 1 aromatic carbocycles. The summed E-state index contributed by atoms with van der Waals surface area (Å²) in [5, 5.41) is 15.7. The Bertz CT molecular complexity index is 782. The number of sulfonamides is 1. The van der Waals surface area contributed by atoms with Crippen LogP contribution in [0.4, 0.5) is 5.82 Å². The number of aryl methyl sites for hydroxylation is 2. The van der Waals surface area contributed by atoms with Gasteiger partial charge in [0.2, 0.25) is 0 Å². The monoisotopic (exact) mass is 310 g/mol. The summed E-state index contributed by atoms with van der Waals surface area (Å²) in [4.78, 5) is 10.7. The topological polar surface area (TPSA) is 114 Å². The van der Waals surface area contributed by atoms with Gasteiger partial charge in [-0.1, -0.05) is 22.9 Å². The van der Waals surface area contributed by atoms with Crippen LogP contribution in [0.2, 0.25) is 0 Å². The van der Waals surface area contributed by atoms with E-state index in [0.29, 0.717) is 5.56 Å². The first-order valence-electron chi connectivity index (χ1n) is 6.00. The Balaban J connectivity index is 2.25. The Hall–Kier alpha value is -2.42. The van der Waals surface area contributed by atoms with E-state index < -0.39 is 22.5 Å². The second-order valence-corrected chi connectivity index (χ2v) is 6.22. The highest BCUT2D eigenvalue weighted by molar-refractivity contribution is 7.92. The Morgan fingerprint density at radius 3 is 2.71 bits per heavy atom. The van der Waals surface area contributed by atoms with Crippen molar-refractivity contribution in [1.82, 2.24) is 15.0 Å². The van der Waals surface area contributed by atoms with Gasteiger partial charge in [0.15, 0.2) is 5.82 Å². The number of anilines is 1. The van der Waals surface area contributed by atoms with Gasteiger partial charge in [-0.2, -0.15) is 0 Å². The fraction of sp³-hybridized carbons (Fsp3) is 0.250. The van der Waals surface area contributed by atoms with Crippen molar-refractivity contribution < 1.29 is 18.3 Å². The van der Waals surface area contributed by atoms with E-state index in [0.717, 1.165) is 10.2 Å². The molecule has 1 heterocycles. The molecule has 1 aromatic heterocycles. The van der Waals surface area contributed by atoms with E-state index in [1.54, 1.807) is 19.1 Å². The van der Waals surface area contributed by atoms with Crippen molar-refractivity contribution in [2.75, 3.05) is 4.72 Å². The number of aromatic nitrogens is 3. The third kappa shape index (κ3) is 3.57. The van der Waals surface area contributed by atoms with Crippen molar-refractivity contribution in [3.63, 3.8) is 0 Å². The number of carboxylic acids is 1. The fourth-order valence-electron chi connectivity index (χ4n) is 1.85. The number of nitrogens with zero attached hydrogens (tertiary/aromatic N) is 3. The van der Waals surface area contributed by atoms with Crippen molar-refractivity contribution in [3.8, 4) is 0 Å². The Kier molecular flexibility index (Phi) is 3.94. The largest absolute Gasteiger partial charge is 0.480 e. The summed E-state index contributed by atoms with van der Waals surface area (Å²) < 4.78 is 27.8. The highest BCUT2D eigenvalue weighted by Gasteiger charge is 2.18. The van der Waals surface area contributed by atoms with E-state index in [-0.39, 0.29) is 10.7 Å². The van der Waals surface area contributed by atoms with Crippen LogP contribution >= 0.6 is 0 Å². The third-order valence-corrected chi connectivity index (χ3v) is 4.21. The number of nitrogens with one attached hydrogen (secondary N) is 1. The van der Waals surface area contributed by atoms with Gasteiger partial charge >= 0.3 is 5.97 Å². The van der Waals surface area contributed by atoms with E-state index in [1.807, 2.05) is 6.92 Å². The van der Waals surface area contributed by atoms with Gasteiger partial charge < -0.3 is 5.11 Å². The maximum atomic E-state index is 12.3. The van der Waals surface area contributed by atoms with Crippen LogP contribution in [0.25, 0.3) is 0 Å². The lowest BCUT2D eigenvalue weighted by molar-refractivity contribution is -0.137. The molecule has 2 N–H and O–H groups in total. The average molecular weight is 310 g/mol. The summed E-state index contributed by atoms with van der Waals surface area (Å²) >= 11 is 0. The quantitative estimate of drug-likeness (QED) is 0.843. The van der Waals surface area contributed by atoms with Gasteiger partial charge in [0, 0.05) is 0 Å². The third-order valence-electron chi connectivity index (χ3n) is 2.69. The van der Waals surface area contributed by atoms with Crippen LogP contribution in [0.3, 0.4) is 0 Å². The first-order valence-corrected chi connectivity index (χ1v) is 7.48. The molecule has 0 unspecified atom stereocenters. The van der Waals surface area contributed by atoms with E-state index in [4.69, 9.17) is 5.11 Å². The second-order valence-electron chi connectivity index (χ2n) is 4.57. The number of carbonyl (C=O) groups is 1. The van der Waals surface area contributed by atoms with Crippen LogP contribution in [0, 0.1) is 13.8 Å². The smallest absolute Gasteiger partial charge is 0.325 e. The minimum Gasteiger partial charge on any atom is -0.480 e. The molecular formula is C12H14N4O4S. The van der Waals surface area contributed by atoms with Gasteiger partial charge in [-0.05, 0) is 25.5 Å². The number of benzene rings is 1. The maximum Gasteiger partial charge on any atom is 0.325 e. The van der Waals surface area contributed by atoms with Gasteiger partial charge in [0.05, 0.1) is 11.1 Å². The number of carboxylic acid groups (broad SMARTS) is 1. The predicted octanol–water partition coefficient (Wildman–Crippen LogP) is 0.780. The summed E-state index contributed by atoms with van der Waals surface area (Å²) in [6, 6.07) is 4.97. The number of aliphatic carboxylic acids is 1. The van der Waals surface area contributed by atoms with Crippen molar-refractivity contribution >= 4 is 21.8 Å². The van der Waals surface area contributed by atoms with Gasteiger partial charge in [-0.25, -0.2) is 13.1 Å². The molecule has 0 saturated heterocycles. The van der Waals surface area contributed by atoms with Crippen LogP contribution in [0.1, 0.15) is 11.1 Å². The maximum absolute atomic E-state index is 12.3. The second kappa shape index (κ2) is 5.52. The normalized spacial score (nSPS) is 11.3. The van der Waals surface area contributed by atoms with Crippen molar-refractivity contribution in [1.29, 1.82) is 0 Å². The lowest BCUT2D eigenvalue weighted by Gasteiger charge is -2.08. The zero-order chi connectivity index (χ0) is 15.6. The molecule has 8 nitrogen and oxygen atoms in total. The van der Waals surface area contributed by atoms with Crippen LogP contribution < -0.4 is 4.72 Å². The molecular weight excluding hydrogens is 296 g/mol. The molecule has 0 spiro atoms. The molecule has 0 aliphatic carbocycles. The summed E-state index contributed by atoms with van der Waals surface area (Å²) in [7, 11) is -3.79. The predicted molar refractivity (Wildman–Crippen MR) is 74.4 cm³/mol. The molecule has 2 rings (SSSR count). The van der Waals surface area contributed by atoms with E-state index in [9.17, 15) is 13.2 Å². The summed E-state index contributed by atoms with van der Waals surface area (Å²) in [6.07, 6.45) is 1.22. The molecule has 0 aliphatic rings. The molecule has 9 heteroatoms. The van der Waals surface area contributed by atoms with Crippen LogP contribution in [-0.4, -0.2) is 34.5 Å². The molecule has 0 saturated carbocycles. The van der Waals surface area contributed by atoms with Crippen LogP contribution in [0.5, 0.6) is 0 Å². The highest BCUT2D eigenvalue weighted by Crippen LogP contribution is 2.19. The first kappa shape index (κ1) is 15.0. The molecule has 0 fully saturated rings. The Morgan fingerprint density at radius 2 is 2.10 bits per heavy atom. The Labute approximate surface area is 121 Å². The molecule has 0 atom stereocenters. The van der Waals surface area contributed by atoms with Crippen molar-refractivity contribution in [2.45, 2.75) is 25.3 Å². The average Bonchev–Trinajstić information content (AvgIpc) is 2.73. The molecule has 0 aliphatic heterocycles. The number of hydrogen-bond acceptors (Lipinski definition) is 5. The highest BCUT2D eigenvalue weighted by atomic mass is 32.2. The van der Waals surface area contributed by atoms with Gasteiger partial charge in [0.25, 0.3) is 10.0 Å². The van der Waals surface area contributed by atoms with E-state index >= 15 is 0 Å². The Morgan fingerprint density at radius 1 is 1.38 bits per heavy atom. The first-order chi connectivity index (χ1) is 9.78. The zero-order valence-electron chi connectivity index (χ0n) is 11.4. The molecule has 112 valence electrons. The summed E-state index contributed by atoms with van der Waals surface area (Å²) in [6.45, 7) is 3.18. The van der Waals surface area contributed by atoms with E-state index in [2.05, 4.69) is 15.0 Å². The number of rotatable bonds is 5. The lowest BCUT2D eigenvalue weighted by atomic mass is 10.2.